The molecule has 3 rings (SSSR count). The minimum atomic E-state index is -3.99. The normalized spacial score (nSPS) is 11.8. The van der Waals surface area contributed by atoms with Gasteiger partial charge in [-0.3, -0.25) is 9.78 Å². The van der Waals surface area contributed by atoms with Crippen LogP contribution in [0, 0.1) is 6.92 Å². The van der Waals surface area contributed by atoms with E-state index in [9.17, 15) is 13.2 Å². The van der Waals surface area contributed by atoms with Crippen molar-refractivity contribution in [2.45, 2.75) is 25.2 Å². The van der Waals surface area contributed by atoms with Gasteiger partial charge in [0.15, 0.2) is 5.82 Å². The topological polar surface area (TPSA) is 115 Å². The molecule has 160 valence electrons. The monoisotopic (exact) mass is 432 g/mol. The number of aromatic nitrogens is 2. The molecule has 1 aromatic carbocycles. The van der Waals surface area contributed by atoms with E-state index in [0.717, 1.165) is 4.31 Å². The van der Waals surface area contributed by atoms with Gasteiger partial charge in [0.25, 0.3) is 0 Å². The summed E-state index contributed by atoms with van der Waals surface area (Å²) in [6, 6.07) is 10.0. The molecule has 0 radical (unpaired) electrons. The Bertz CT molecular complexity index is 1110. The molecule has 2 aromatic heterocycles. The molecule has 30 heavy (non-hydrogen) atoms. The minimum Gasteiger partial charge on any atom is -0.382 e. The molecule has 1 amide bonds. The van der Waals surface area contributed by atoms with E-state index in [0.29, 0.717) is 36.3 Å². The second-order valence-electron chi connectivity index (χ2n) is 6.59. The molecule has 0 aliphatic rings. The van der Waals surface area contributed by atoms with Gasteiger partial charge in [-0.15, -0.1) is 0 Å². The smallest absolute Gasteiger partial charge is 0.245 e. The minimum absolute atomic E-state index is 0.0575. The number of sulfonamides is 1. The molecular weight excluding hydrogens is 408 g/mol. The van der Waals surface area contributed by atoms with E-state index in [4.69, 9.17) is 9.26 Å². The summed E-state index contributed by atoms with van der Waals surface area (Å²) < 4.78 is 38.2. The average Bonchev–Trinajstić information content (AvgIpc) is 3.14. The number of nitrogens with one attached hydrogen (secondary N) is 1. The summed E-state index contributed by atoms with van der Waals surface area (Å²) in [5, 5.41) is 6.97. The summed E-state index contributed by atoms with van der Waals surface area (Å²) in [6.45, 7) is 4.23. The second-order valence-corrected chi connectivity index (χ2v) is 8.50. The van der Waals surface area contributed by atoms with E-state index in [1.165, 1.54) is 6.07 Å². The Morgan fingerprint density at radius 1 is 1.27 bits per heavy atom. The molecule has 0 aliphatic heterocycles. The molecule has 0 bridgehead atoms. The number of carbonyl (C=O) groups is 1. The lowest BCUT2D eigenvalue weighted by Crippen LogP contribution is -2.39. The van der Waals surface area contributed by atoms with Crippen molar-refractivity contribution in [3.8, 4) is 0 Å². The summed E-state index contributed by atoms with van der Waals surface area (Å²) in [5.41, 5.74) is 0.363. The fourth-order valence-electron chi connectivity index (χ4n) is 2.96. The maximum absolute atomic E-state index is 13.4. The number of hydrogen-bond acceptors (Lipinski definition) is 7. The van der Waals surface area contributed by atoms with Crippen LogP contribution in [0.2, 0.25) is 0 Å². The Kier molecular flexibility index (Phi) is 7.14. The largest absolute Gasteiger partial charge is 0.382 e. The molecule has 9 nitrogen and oxygen atoms in total. The zero-order chi connectivity index (χ0) is 21.6. The van der Waals surface area contributed by atoms with E-state index in [-0.39, 0.29) is 23.8 Å². The van der Waals surface area contributed by atoms with Crippen molar-refractivity contribution in [1.29, 1.82) is 0 Å². The van der Waals surface area contributed by atoms with Gasteiger partial charge in [-0.25, -0.2) is 8.42 Å². The van der Waals surface area contributed by atoms with Crippen molar-refractivity contribution in [2.24, 2.45) is 0 Å². The molecule has 0 saturated carbocycles. The van der Waals surface area contributed by atoms with Crippen molar-refractivity contribution >= 4 is 32.7 Å². The van der Waals surface area contributed by atoms with Crippen LogP contribution in [0.25, 0.3) is 10.9 Å². The summed E-state index contributed by atoms with van der Waals surface area (Å²) in [6.07, 6.45) is 1.99. The lowest BCUT2D eigenvalue weighted by Gasteiger charge is -2.22. The third kappa shape index (κ3) is 5.21. The van der Waals surface area contributed by atoms with Gasteiger partial charge < -0.3 is 14.6 Å². The van der Waals surface area contributed by atoms with Crippen LogP contribution in [0.1, 0.15) is 19.1 Å². The molecule has 0 unspecified atom stereocenters. The van der Waals surface area contributed by atoms with Gasteiger partial charge in [-0.05, 0) is 32.4 Å². The summed E-state index contributed by atoms with van der Waals surface area (Å²) in [5.74, 6) is 0.251. The van der Waals surface area contributed by atoms with Crippen LogP contribution in [0.3, 0.4) is 0 Å². The highest BCUT2D eigenvalue weighted by Gasteiger charge is 2.28. The molecule has 0 fully saturated rings. The molecule has 0 atom stereocenters. The second kappa shape index (κ2) is 9.79. The maximum atomic E-state index is 13.4. The molecule has 0 aliphatic carbocycles. The van der Waals surface area contributed by atoms with Crippen molar-refractivity contribution in [3.05, 3.63) is 48.4 Å². The number of aryl methyl sites for hydroxylation is 1. The molecular formula is C20H24N4O5S. The lowest BCUT2D eigenvalue weighted by atomic mass is 10.2. The van der Waals surface area contributed by atoms with Crippen LogP contribution in [0.15, 0.2) is 52.0 Å². The number of ether oxygens (including phenoxy) is 1. The molecule has 0 spiro atoms. The number of amides is 1. The predicted octanol–water partition coefficient (Wildman–Crippen LogP) is 2.59. The van der Waals surface area contributed by atoms with E-state index in [1.807, 2.05) is 6.92 Å². The van der Waals surface area contributed by atoms with Crippen molar-refractivity contribution in [1.82, 2.24) is 14.4 Å². The van der Waals surface area contributed by atoms with Gasteiger partial charge in [-0.2, -0.15) is 4.31 Å². The standard InChI is InChI=1S/C20H24N4O5S/c1-3-28-12-6-11-24(14-19(25)22-18-13-15(2)29-23-18)30(26,27)17-9-4-7-16-8-5-10-21-20(16)17/h4-5,7-10,13H,3,6,11-12,14H2,1-2H3,(H,22,23,25). The number of hydrogen-bond donors (Lipinski definition) is 1. The van der Waals surface area contributed by atoms with Gasteiger partial charge in [0.05, 0.1) is 12.1 Å². The van der Waals surface area contributed by atoms with Crippen molar-refractivity contribution < 1.29 is 22.5 Å². The fourth-order valence-corrected chi connectivity index (χ4v) is 4.56. The molecule has 0 saturated heterocycles. The van der Waals surface area contributed by atoms with Crippen molar-refractivity contribution in [3.63, 3.8) is 0 Å². The van der Waals surface area contributed by atoms with E-state index >= 15 is 0 Å². The number of anilines is 1. The van der Waals surface area contributed by atoms with E-state index in [1.54, 1.807) is 43.5 Å². The highest BCUT2D eigenvalue weighted by Crippen LogP contribution is 2.24. The summed E-state index contributed by atoms with van der Waals surface area (Å²) in [7, 11) is -3.99. The Labute approximate surface area is 175 Å². The number of carbonyl (C=O) groups excluding carboxylic acids is 1. The number of pyridine rings is 1. The van der Waals surface area contributed by atoms with Gasteiger partial charge in [-0.1, -0.05) is 23.4 Å². The van der Waals surface area contributed by atoms with E-state index < -0.39 is 15.9 Å². The van der Waals surface area contributed by atoms with Crippen LogP contribution < -0.4 is 5.32 Å². The van der Waals surface area contributed by atoms with E-state index in [2.05, 4.69) is 15.5 Å². The Hall–Kier alpha value is -2.82. The molecule has 2 heterocycles. The van der Waals surface area contributed by atoms with Crippen LogP contribution >= 0.6 is 0 Å². The van der Waals surface area contributed by atoms with Crippen LogP contribution in [-0.2, 0) is 19.6 Å². The number of nitrogens with zero attached hydrogens (tertiary/aromatic N) is 3. The molecule has 1 N–H and O–H groups in total. The summed E-state index contributed by atoms with van der Waals surface area (Å²) in [4.78, 5) is 16.8. The highest BCUT2D eigenvalue weighted by molar-refractivity contribution is 7.89. The maximum Gasteiger partial charge on any atom is 0.245 e. The third-order valence-corrected chi connectivity index (χ3v) is 6.21. The first-order chi connectivity index (χ1) is 14.4. The first-order valence-corrected chi connectivity index (χ1v) is 11.0. The Morgan fingerprint density at radius 2 is 2.07 bits per heavy atom. The molecule has 3 aromatic rings. The number of para-hydroxylation sites is 1. The van der Waals surface area contributed by atoms with Gasteiger partial charge in [0.2, 0.25) is 15.9 Å². The van der Waals surface area contributed by atoms with Crippen LogP contribution in [0.5, 0.6) is 0 Å². The Balaban J connectivity index is 1.86. The van der Waals surface area contributed by atoms with Crippen LogP contribution in [-0.4, -0.2) is 55.1 Å². The predicted molar refractivity (Wildman–Crippen MR) is 111 cm³/mol. The quantitative estimate of drug-likeness (QED) is 0.490. The number of fused-ring (bicyclic) bond motifs is 1. The Morgan fingerprint density at radius 3 is 2.80 bits per heavy atom. The summed E-state index contributed by atoms with van der Waals surface area (Å²) >= 11 is 0. The number of rotatable bonds is 10. The van der Waals surface area contributed by atoms with Gasteiger partial charge in [0, 0.05) is 37.4 Å². The number of benzene rings is 1. The van der Waals surface area contributed by atoms with Gasteiger partial charge >= 0.3 is 0 Å². The van der Waals surface area contributed by atoms with Gasteiger partial charge in [0.1, 0.15) is 10.7 Å². The lowest BCUT2D eigenvalue weighted by molar-refractivity contribution is -0.116. The average molecular weight is 433 g/mol. The highest BCUT2D eigenvalue weighted by atomic mass is 32.2. The van der Waals surface area contributed by atoms with Crippen molar-refractivity contribution in [2.75, 3.05) is 31.6 Å². The SMILES string of the molecule is CCOCCCN(CC(=O)Nc1cc(C)on1)S(=O)(=O)c1cccc2cccnc12. The fraction of sp³-hybridized carbons (Fsp3) is 0.350. The zero-order valence-electron chi connectivity index (χ0n) is 16.9. The first kappa shape index (κ1) is 21.9. The first-order valence-electron chi connectivity index (χ1n) is 9.56. The zero-order valence-corrected chi connectivity index (χ0v) is 17.7. The molecule has 10 heteroatoms. The third-order valence-electron chi connectivity index (χ3n) is 4.33. The van der Waals surface area contributed by atoms with Crippen LogP contribution in [0.4, 0.5) is 5.82 Å².